The molecule has 1 saturated heterocycles. The Balaban J connectivity index is 1.69. The lowest BCUT2D eigenvalue weighted by molar-refractivity contribution is -0.245. The molecule has 248 valence electrons. The summed E-state index contributed by atoms with van der Waals surface area (Å²) in [5.41, 5.74) is -4.95. The summed E-state index contributed by atoms with van der Waals surface area (Å²) in [5, 5.41) is 21.0. The first kappa shape index (κ1) is 34.4. The van der Waals surface area contributed by atoms with Crippen molar-refractivity contribution in [3.05, 3.63) is 11.9 Å². The molecule has 0 radical (unpaired) electrons. The second kappa shape index (κ2) is 12.0. The van der Waals surface area contributed by atoms with Crippen molar-refractivity contribution in [1.82, 2.24) is 14.9 Å². The number of aliphatic hydroxyl groups excluding tert-OH is 1. The van der Waals surface area contributed by atoms with E-state index < -0.39 is 72.3 Å². The second-order valence-corrected chi connectivity index (χ2v) is 14.0. The summed E-state index contributed by atoms with van der Waals surface area (Å²) < 4.78 is 85.7. The molecule has 1 aromatic rings. The number of thioether (sulfide) groups is 1. The Kier molecular flexibility index (Phi) is 9.39. The van der Waals surface area contributed by atoms with Gasteiger partial charge in [0.15, 0.2) is 5.82 Å². The highest BCUT2D eigenvalue weighted by atomic mass is 32.2. The number of alkyl halides is 5. The van der Waals surface area contributed by atoms with Crippen LogP contribution < -0.4 is 9.64 Å². The van der Waals surface area contributed by atoms with Gasteiger partial charge in [0.1, 0.15) is 22.6 Å². The van der Waals surface area contributed by atoms with Crippen LogP contribution in [0.25, 0.3) is 0 Å². The number of ether oxygens (including phenoxy) is 3. The first-order valence-electron chi connectivity index (χ1n) is 14.1. The lowest BCUT2D eigenvalue weighted by atomic mass is 9.91. The molecule has 2 N–H and O–H groups in total. The third-order valence-corrected chi connectivity index (χ3v) is 7.95. The number of carbonyl (C=O) groups is 1. The van der Waals surface area contributed by atoms with E-state index in [1.54, 1.807) is 41.5 Å². The molecule has 2 unspecified atom stereocenters. The fourth-order valence-electron chi connectivity index (χ4n) is 4.68. The van der Waals surface area contributed by atoms with Crippen LogP contribution in [0.2, 0.25) is 0 Å². The number of anilines is 1. The summed E-state index contributed by atoms with van der Waals surface area (Å²) >= 11 is 0.579. The summed E-state index contributed by atoms with van der Waals surface area (Å²) in [6.45, 7) is 10.5. The quantitative estimate of drug-likeness (QED) is 0.315. The zero-order valence-corrected chi connectivity index (χ0v) is 26.1. The fourth-order valence-corrected chi connectivity index (χ4v) is 5.68. The minimum atomic E-state index is -5.06. The Bertz CT molecular complexity index is 1240. The number of amides is 1. The van der Waals surface area contributed by atoms with Crippen molar-refractivity contribution in [1.29, 1.82) is 0 Å². The number of halogens is 5. The smallest absolute Gasteiger partial charge is 0.439 e. The maximum Gasteiger partial charge on any atom is 0.439 e. The molecule has 0 spiro atoms. The molecule has 2 atom stereocenters. The average Bonchev–Trinajstić information content (AvgIpc) is 3.23. The SMILES string of the molecule is CC(C)(C)OC(=O)N1CC(Oc2cc(N(C3CCC(F)(F)CC3)C(O)OC(C)(C)C)nc(C3=NC(O)(C(F)(F)F)CS3)n2)C1. The van der Waals surface area contributed by atoms with E-state index in [9.17, 15) is 37.0 Å². The molecule has 2 aliphatic heterocycles. The third kappa shape index (κ3) is 8.40. The molecule has 11 nitrogen and oxygen atoms in total. The van der Waals surface area contributed by atoms with Crippen LogP contribution in [0.4, 0.5) is 32.6 Å². The molecule has 1 aliphatic carbocycles. The van der Waals surface area contributed by atoms with Gasteiger partial charge in [-0.15, -0.1) is 0 Å². The van der Waals surface area contributed by atoms with E-state index in [0.717, 1.165) is 0 Å². The first-order valence-corrected chi connectivity index (χ1v) is 15.1. The van der Waals surface area contributed by atoms with Gasteiger partial charge in [0.25, 0.3) is 5.72 Å². The minimum Gasteiger partial charge on any atom is -0.470 e. The molecule has 4 rings (SSSR count). The van der Waals surface area contributed by atoms with Gasteiger partial charge in [-0.2, -0.15) is 18.2 Å². The van der Waals surface area contributed by atoms with Gasteiger partial charge in [0.2, 0.25) is 18.2 Å². The van der Waals surface area contributed by atoms with Crippen LogP contribution in [0.3, 0.4) is 0 Å². The lowest BCUT2D eigenvalue weighted by Crippen LogP contribution is -2.57. The number of likely N-dealkylation sites (tertiary alicyclic amines) is 1. The number of aliphatic imine (C=N–C) groups is 1. The minimum absolute atomic E-state index is 0.0376. The van der Waals surface area contributed by atoms with Crippen LogP contribution in [0.15, 0.2) is 11.1 Å². The van der Waals surface area contributed by atoms with Gasteiger partial charge in [0, 0.05) is 24.9 Å². The summed E-state index contributed by atoms with van der Waals surface area (Å²) in [7, 11) is 0. The number of hydrogen-bond donors (Lipinski definition) is 2. The van der Waals surface area contributed by atoms with Crippen LogP contribution in [-0.4, -0.2) is 103 Å². The zero-order valence-electron chi connectivity index (χ0n) is 25.3. The number of aliphatic hydroxyl groups is 2. The van der Waals surface area contributed by atoms with Crippen molar-refractivity contribution < 1.29 is 51.2 Å². The predicted molar refractivity (Wildman–Crippen MR) is 151 cm³/mol. The molecule has 1 aromatic heterocycles. The highest BCUT2D eigenvalue weighted by molar-refractivity contribution is 8.14. The largest absolute Gasteiger partial charge is 0.470 e. The van der Waals surface area contributed by atoms with Crippen molar-refractivity contribution in [2.45, 2.75) is 115 Å². The zero-order chi connectivity index (χ0) is 32.9. The van der Waals surface area contributed by atoms with E-state index in [4.69, 9.17) is 14.2 Å². The molecule has 2 fully saturated rings. The highest BCUT2D eigenvalue weighted by Crippen LogP contribution is 2.42. The van der Waals surface area contributed by atoms with Crippen molar-refractivity contribution in [2.75, 3.05) is 23.7 Å². The van der Waals surface area contributed by atoms with E-state index in [1.807, 2.05) is 0 Å². The normalized spacial score (nSPS) is 24.0. The first-order chi connectivity index (χ1) is 20.0. The average molecular weight is 656 g/mol. The molecule has 0 aromatic carbocycles. The summed E-state index contributed by atoms with van der Waals surface area (Å²) in [5.74, 6) is -4.24. The Labute approximate surface area is 256 Å². The Hall–Kier alpha value is -2.50. The van der Waals surface area contributed by atoms with E-state index in [-0.39, 0.29) is 48.5 Å². The summed E-state index contributed by atoms with van der Waals surface area (Å²) in [6.07, 6.45) is -8.85. The Morgan fingerprint density at radius 3 is 2.23 bits per heavy atom. The van der Waals surface area contributed by atoms with Crippen LogP contribution in [0.1, 0.15) is 73.1 Å². The molecule has 3 heterocycles. The second-order valence-electron chi connectivity index (χ2n) is 13.1. The van der Waals surface area contributed by atoms with Crippen molar-refractivity contribution in [3.63, 3.8) is 0 Å². The molecule has 0 bridgehead atoms. The predicted octanol–water partition coefficient (Wildman–Crippen LogP) is 4.69. The molecule has 44 heavy (non-hydrogen) atoms. The molecular weight excluding hydrogens is 617 g/mol. The molecular formula is C27H38F5N5O6S. The fraction of sp³-hybridized carbons (Fsp3) is 0.778. The van der Waals surface area contributed by atoms with Crippen LogP contribution in [-0.2, 0) is 9.47 Å². The van der Waals surface area contributed by atoms with E-state index >= 15 is 0 Å². The Morgan fingerprint density at radius 1 is 1.09 bits per heavy atom. The maximum absolute atomic E-state index is 14.1. The molecule has 3 aliphatic rings. The Morgan fingerprint density at radius 2 is 1.70 bits per heavy atom. The van der Waals surface area contributed by atoms with Gasteiger partial charge < -0.3 is 34.2 Å². The lowest BCUT2D eigenvalue weighted by Gasteiger charge is -2.41. The van der Waals surface area contributed by atoms with Crippen molar-refractivity contribution in [3.8, 4) is 5.88 Å². The number of aromatic nitrogens is 2. The van der Waals surface area contributed by atoms with E-state index in [2.05, 4.69) is 15.0 Å². The molecule has 1 saturated carbocycles. The molecule has 17 heteroatoms. The monoisotopic (exact) mass is 655 g/mol. The van der Waals surface area contributed by atoms with Gasteiger partial charge in [-0.1, -0.05) is 11.8 Å². The van der Waals surface area contributed by atoms with Crippen molar-refractivity contribution >= 4 is 28.7 Å². The number of rotatable bonds is 7. The number of nitrogens with zero attached hydrogens (tertiary/aromatic N) is 5. The van der Waals surface area contributed by atoms with Gasteiger partial charge >= 0.3 is 12.3 Å². The van der Waals surface area contributed by atoms with Crippen LogP contribution in [0, 0.1) is 0 Å². The number of carbonyl (C=O) groups excluding carboxylic acids is 1. The van der Waals surface area contributed by atoms with Gasteiger partial charge in [-0.3, -0.25) is 0 Å². The van der Waals surface area contributed by atoms with Gasteiger partial charge in [0.05, 0.1) is 24.4 Å². The van der Waals surface area contributed by atoms with Gasteiger partial charge in [-0.25, -0.2) is 23.6 Å². The standard InChI is InChI=1S/C27H38F5N5O6S/c1-23(2,3)42-21(38)36-12-16(13-36)41-18-11-17(33-19(34-18)20-35-26(40,14-44-20)27(30,31)32)37(22(39)43-24(4,5)6)15-7-9-25(28,29)10-8-15/h11,15-16,22,39-40H,7-10,12-14H2,1-6H3. The summed E-state index contributed by atoms with van der Waals surface area (Å²) in [6, 6.07) is 0.636. The third-order valence-electron chi connectivity index (χ3n) is 6.86. The molecule has 1 amide bonds. The van der Waals surface area contributed by atoms with Crippen LogP contribution >= 0.6 is 11.8 Å². The van der Waals surface area contributed by atoms with Crippen LogP contribution in [0.5, 0.6) is 5.88 Å². The highest BCUT2D eigenvalue weighted by Gasteiger charge is 2.57. The van der Waals surface area contributed by atoms with Crippen molar-refractivity contribution in [2.24, 2.45) is 4.99 Å². The van der Waals surface area contributed by atoms with E-state index in [0.29, 0.717) is 11.8 Å². The van der Waals surface area contributed by atoms with E-state index in [1.165, 1.54) is 15.9 Å². The summed E-state index contributed by atoms with van der Waals surface area (Å²) in [4.78, 5) is 27.1. The number of hydrogen-bond acceptors (Lipinski definition) is 11. The maximum atomic E-state index is 14.1. The van der Waals surface area contributed by atoms with Gasteiger partial charge in [-0.05, 0) is 54.4 Å². The topological polar surface area (TPSA) is 130 Å².